The maximum Gasteiger partial charge on any atom is 0.340 e. The van der Waals surface area contributed by atoms with Crippen LogP contribution in [0.15, 0.2) is 12.1 Å². The molecule has 0 aliphatic carbocycles. The molecule has 20 heavy (non-hydrogen) atoms. The van der Waals surface area contributed by atoms with Crippen molar-refractivity contribution < 1.29 is 14.3 Å². The summed E-state index contributed by atoms with van der Waals surface area (Å²) < 4.78 is 4.73. The Bertz CT molecular complexity index is 533. The molecule has 0 bridgehead atoms. The number of benzene rings is 1. The Hall–Kier alpha value is -2.24. The molecule has 6 nitrogen and oxygen atoms in total. The third-order valence-electron chi connectivity index (χ3n) is 3.43. The number of amides is 1. The van der Waals surface area contributed by atoms with Crippen LogP contribution in [0.1, 0.15) is 28.8 Å². The van der Waals surface area contributed by atoms with Crippen LogP contribution < -0.4 is 16.4 Å². The first-order valence-corrected chi connectivity index (χ1v) is 6.53. The van der Waals surface area contributed by atoms with Gasteiger partial charge in [0.05, 0.1) is 12.7 Å². The third kappa shape index (κ3) is 3.01. The van der Waals surface area contributed by atoms with Crippen molar-refractivity contribution in [1.82, 2.24) is 5.32 Å². The average Bonchev–Trinajstić information content (AvgIpc) is 2.44. The van der Waals surface area contributed by atoms with Crippen LogP contribution in [0.25, 0.3) is 0 Å². The monoisotopic (exact) mass is 277 g/mol. The average molecular weight is 277 g/mol. The quantitative estimate of drug-likeness (QED) is 0.567. The summed E-state index contributed by atoms with van der Waals surface area (Å²) in [6, 6.07) is 3.73. The van der Waals surface area contributed by atoms with Gasteiger partial charge in [-0.15, -0.1) is 0 Å². The molecule has 0 radical (unpaired) electrons. The van der Waals surface area contributed by atoms with E-state index in [0.29, 0.717) is 24.2 Å². The first kappa shape index (κ1) is 14.2. The van der Waals surface area contributed by atoms with Gasteiger partial charge in [-0.1, -0.05) is 0 Å². The molecule has 1 unspecified atom stereocenters. The highest BCUT2D eigenvalue weighted by Crippen LogP contribution is 2.24. The van der Waals surface area contributed by atoms with Crippen molar-refractivity contribution in [1.29, 1.82) is 0 Å². The molecule has 1 aromatic carbocycles. The number of esters is 1. The fourth-order valence-electron chi connectivity index (χ4n) is 2.25. The van der Waals surface area contributed by atoms with Crippen LogP contribution in [0.4, 0.5) is 11.4 Å². The van der Waals surface area contributed by atoms with Gasteiger partial charge in [0.1, 0.15) is 0 Å². The number of hydrogen-bond donors (Lipinski definition) is 3. The third-order valence-corrected chi connectivity index (χ3v) is 3.43. The molecule has 1 atom stereocenters. The van der Waals surface area contributed by atoms with Crippen LogP contribution in [-0.4, -0.2) is 31.6 Å². The lowest BCUT2D eigenvalue weighted by Crippen LogP contribution is -2.41. The summed E-state index contributed by atoms with van der Waals surface area (Å²) in [5.41, 5.74) is 8.30. The normalized spacial score (nSPS) is 18.3. The fourth-order valence-corrected chi connectivity index (χ4v) is 2.25. The second-order valence-electron chi connectivity index (χ2n) is 4.93. The van der Waals surface area contributed by atoms with Crippen molar-refractivity contribution in [2.24, 2.45) is 0 Å². The van der Waals surface area contributed by atoms with Crippen molar-refractivity contribution in [3.05, 3.63) is 23.3 Å². The number of nitrogens with one attached hydrogen (secondary N) is 2. The van der Waals surface area contributed by atoms with E-state index in [-0.39, 0.29) is 11.9 Å². The SMILES string of the molecule is COC(=O)c1cc(NC2CCC(=O)NC2)cc(C)c1N. The van der Waals surface area contributed by atoms with E-state index in [1.165, 1.54) is 7.11 Å². The molecule has 108 valence electrons. The number of nitrogen functional groups attached to an aromatic ring is 1. The lowest BCUT2D eigenvalue weighted by molar-refractivity contribution is -0.122. The molecule has 0 aromatic heterocycles. The van der Waals surface area contributed by atoms with Gasteiger partial charge in [-0.05, 0) is 31.0 Å². The predicted octanol–water partition coefficient (Wildman–Crippen LogP) is 1.05. The number of anilines is 2. The topological polar surface area (TPSA) is 93.4 Å². The molecule has 0 spiro atoms. The first-order chi connectivity index (χ1) is 9.51. The Balaban J connectivity index is 2.18. The van der Waals surface area contributed by atoms with Gasteiger partial charge in [0.25, 0.3) is 0 Å². The highest BCUT2D eigenvalue weighted by atomic mass is 16.5. The smallest absolute Gasteiger partial charge is 0.340 e. The summed E-state index contributed by atoms with van der Waals surface area (Å²) in [4.78, 5) is 22.8. The Morgan fingerprint density at radius 1 is 1.50 bits per heavy atom. The summed E-state index contributed by atoms with van der Waals surface area (Å²) in [7, 11) is 1.33. The number of piperidine rings is 1. The minimum atomic E-state index is -0.453. The van der Waals surface area contributed by atoms with Gasteiger partial charge in [-0.2, -0.15) is 0 Å². The molecule has 1 aliphatic heterocycles. The van der Waals surface area contributed by atoms with Gasteiger partial charge in [-0.3, -0.25) is 4.79 Å². The Kier molecular flexibility index (Phi) is 4.12. The molecule has 2 rings (SSSR count). The zero-order valence-corrected chi connectivity index (χ0v) is 11.7. The highest BCUT2D eigenvalue weighted by Gasteiger charge is 2.19. The van der Waals surface area contributed by atoms with Crippen LogP contribution in [-0.2, 0) is 9.53 Å². The van der Waals surface area contributed by atoms with E-state index in [1.54, 1.807) is 6.07 Å². The van der Waals surface area contributed by atoms with E-state index >= 15 is 0 Å². The summed E-state index contributed by atoms with van der Waals surface area (Å²) >= 11 is 0. The molecule has 1 saturated heterocycles. The number of carbonyl (C=O) groups excluding carboxylic acids is 2. The number of rotatable bonds is 3. The Morgan fingerprint density at radius 2 is 2.25 bits per heavy atom. The lowest BCUT2D eigenvalue weighted by atomic mass is 10.0. The largest absolute Gasteiger partial charge is 0.465 e. The molecule has 0 saturated carbocycles. The van der Waals surface area contributed by atoms with E-state index < -0.39 is 5.97 Å². The minimum absolute atomic E-state index is 0.0757. The Labute approximate surface area is 117 Å². The summed E-state index contributed by atoms with van der Waals surface area (Å²) in [5.74, 6) is -0.377. The first-order valence-electron chi connectivity index (χ1n) is 6.53. The highest BCUT2D eigenvalue weighted by molar-refractivity contribution is 5.97. The number of carbonyl (C=O) groups is 2. The minimum Gasteiger partial charge on any atom is -0.465 e. The van der Waals surface area contributed by atoms with Gasteiger partial charge in [0, 0.05) is 30.4 Å². The van der Waals surface area contributed by atoms with Crippen molar-refractivity contribution in [2.45, 2.75) is 25.8 Å². The summed E-state index contributed by atoms with van der Waals surface area (Å²) in [5, 5.41) is 6.12. The predicted molar refractivity (Wildman–Crippen MR) is 76.6 cm³/mol. The van der Waals surface area contributed by atoms with E-state index in [1.807, 2.05) is 13.0 Å². The maximum absolute atomic E-state index is 11.7. The molecule has 4 N–H and O–H groups in total. The van der Waals surface area contributed by atoms with Crippen LogP contribution in [0.5, 0.6) is 0 Å². The van der Waals surface area contributed by atoms with Gasteiger partial charge in [0.2, 0.25) is 5.91 Å². The van der Waals surface area contributed by atoms with Gasteiger partial charge < -0.3 is 21.1 Å². The van der Waals surface area contributed by atoms with Gasteiger partial charge in [0.15, 0.2) is 0 Å². The van der Waals surface area contributed by atoms with E-state index in [4.69, 9.17) is 10.5 Å². The summed E-state index contributed by atoms with van der Waals surface area (Å²) in [6.07, 6.45) is 1.28. The van der Waals surface area contributed by atoms with Crippen LogP contribution in [0.2, 0.25) is 0 Å². The fraction of sp³-hybridized carbons (Fsp3) is 0.429. The van der Waals surface area contributed by atoms with Crippen molar-refractivity contribution in [2.75, 3.05) is 24.7 Å². The molecule has 1 amide bonds. The molecular formula is C14H19N3O3. The zero-order chi connectivity index (χ0) is 14.7. The van der Waals surface area contributed by atoms with Crippen molar-refractivity contribution in [3.63, 3.8) is 0 Å². The number of nitrogens with two attached hydrogens (primary N) is 1. The molecule has 1 fully saturated rings. The lowest BCUT2D eigenvalue weighted by Gasteiger charge is -2.25. The number of methoxy groups -OCH3 is 1. The van der Waals surface area contributed by atoms with Crippen LogP contribution in [0.3, 0.4) is 0 Å². The standard InChI is InChI=1S/C14H19N3O3/c1-8-5-10(6-11(13(8)15)14(19)20-2)17-9-3-4-12(18)16-7-9/h5-6,9,17H,3-4,7,15H2,1-2H3,(H,16,18). The van der Waals surface area contributed by atoms with Gasteiger partial charge >= 0.3 is 5.97 Å². The zero-order valence-electron chi connectivity index (χ0n) is 11.7. The van der Waals surface area contributed by atoms with Crippen molar-refractivity contribution in [3.8, 4) is 0 Å². The number of aryl methyl sites for hydroxylation is 1. The molecule has 6 heteroatoms. The molecule has 1 aliphatic rings. The Morgan fingerprint density at radius 3 is 2.85 bits per heavy atom. The van der Waals surface area contributed by atoms with E-state index in [9.17, 15) is 9.59 Å². The second kappa shape index (κ2) is 5.81. The molecule has 1 aromatic rings. The van der Waals surface area contributed by atoms with Crippen LogP contribution in [0, 0.1) is 6.92 Å². The molecular weight excluding hydrogens is 258 g/mol. The second-order valence-corrected chi connectivity index (χ2v) is 4.93. The van der Waals surface area contributed by atoms with E-state index in [0.717, 1.165) is 17.7 Å². The number of hydrogen-bond acceptors (Lipinski definition) is 5. The van der Waals surface area contributed by atoms with Gasteiger partial charge in [-0.25, -0.2) is 4.79 Å². The van der Waals surface area contributed by atoms with Crippen molar-refractivity contribution >= 4 is 23.3 Å². The number of ether oxygens (including phenoxy) is 1. The maximum atomic E-state index is 11.7. The summed E-state index contributed by atoms with van der Waals surface area (Å²) in [6.45, 7) is 2.42. The van der Waals surface area contributed by atoms with E-state index in [2.05, 4.69) is 10.6 Å². The molecule has 1 heterocycles. The van der Waals surface area contributed by atoms with Crippen LogP contribution >= 0.6 is 0 Å².